The van der Waals surface area contributed by atoms with Gasteiger partial charge in [0.05, 0.1) is 5.56 Å². The number of halogens is 1. The normalized spacial score (nSPS) is 10.5. The molecule has 0 spiro atoms. The number of carbonyl (C=O) groups excluding carboxylic acids is 2. The maximum atomic E-state index is 12.1. The quantitative estimate of drug-likeness (QED) is 0.874. The number of anilines is 1. The summed E-state index contributed by atoms with van der Waals surface area (Å²) in [6.07, 6.45) is 0.832. The van der Waals surface area contributed by atoms with E-state index in [0.29, 0.717) is 22.0 Å². The topological polar surface area (TPSA) is 72.2 Å². The SMILES string of the molecule is Cc1sc(NC(=O)CCc2ccccc2Cl)c(C(N)=O)c1C. The van der Waals surface area contributed by atoms with E-state index in [1.807, 2.05) is 32.0 Å². The number of thiophene rings is 1. The number of nitrogens with two attached hydrogens (primary N) is 1. The molecule has 0 aliphatic rings. The van der Waals surface area contributed by atoms with Gasteiger partial charge < -0.3 is 11.1 Å². The smallest absolute Gasteiger partial charge is 0.251 e. The molecule has 2 aromatic rings. The Balaban J connectivity index is 2.06. The van der Waals surface area contributed by atoms with Crippen LogP contribution < -0.4 is 11.1 Å². The lowest BCUT2D eigenvalue weighted by Gasteiger charge is -2.06. The number of hydrogen-bond donors (Lipinski definition) is 2. The third-order valence-corrected chi connectivity index (χ3v) is 4.96. The number of carbonyl (C=O) groups is 2. The predicted molar refractivity (Wildman–Crippen MR) is 90.7 cm³/mol. The average Bonchev–Trinajstić information content (AvgIpc) is 2.72. The van der Waals surface area contributed by atoms with Crippen LogP contribution >= 0.6 is 22.9 Å². The minimum absolute atomic E-state index is 0.163. The molecular weight excluding hydrogens is 320 g/mol. The molecule has 22 heavy (non-hydrogen) atoms. The zero-order valence-corrected chi connectivity index (χ0v) is 14.0. The van der Waals surface area contributed by atoms with Crippen molar-refractivity contribution in [1.29, 1.82) is 0 Å². The van der Waals surface area contributed by atoms with Crippen LogP contribution in [0.25, 0.3) is 0 Å². The number of rotatable bonds is 5. The van der Waals surface area contributed by atoms with E-state index in [-0.39, 0.29) is 12.3 Å². The molecule has 1 aromatic carbocycles. The van der Waals surface area contributed by atoms with Crippen molar-refractivity contribution in [3.8, 4) is 0 Å². The van der Waals surface area contributed by atoms with Crippen molar-refractivity contribution in [2.45, 2.75) is 26.7 Å². The second-order valence-electron chi connectivity index (χ2n) is 4.99. The molecule has 0 radical (unpaired) electrons. The van der Waals surface area contributed by atoms with Gasteiger partial charge in [-0.25, -0.2) is 0 Å². The van der Waals surface area contributed by atoms with Gasteiger partial charge in [-0.2, -0.15) is 0 Å². The molecule has 4 nitrogen and oxygen atoms in total. The van der Waals surface area contributed by atoms with Gasteiger partial charge >= 0.3 is 0 Å². The molecule has 1 heterocycles. The molecule has 116 valence electrons. The molecule has 0 bridgehead atoms. The van der Waals surface area contributed by atoms with E-state index in [0.717, 1.165) is 16.0 Å². The van der Waals surface area contributed by atoms with E-state index in [1.165, 1.54) is 11.3 Å². The number of amides is 2. The highest BCUT2D eigenvalue weighted by Gasteiger charge is 2.18. The number of aryl methyl sites for hydroxylation is 2. The first-order valence-electron chi connectivity index (χ1n) is 6.83. The minimum atomic E-state index is -0.525. The van der Waals surface area contributed by atoms with Crippen LogP contribution in [0.3, 0.4) is 0 Å². The van der Waals surface area contributed by atoms with Gasteiger partial charge in [0.2, 0.25) is 5.91 Å². The van der Waals surface area contributed by atoms with Gasteiger partial charge in [-0.3, -0.25) is 9.59 Å². The van der Waals surface area contributed by atoms with Crippen molar-refractivity contribution >= 4 is 39.8 Å². The first-order chi connectivity index (χ1) is 10.4. The molecule has 1 aromatic heterocycles. The molecule has 0 aliphatic heterocycles. The Morgan fingerprint density at radius 3 is 2.59 bits per heavy atom. The Hall–Kier alpha value is -1.85. The van der Waals surface area contributed by atoms with E-state index < -0.39 is 5.91 Å². The van der Waals surface area contributed by atoms with Crippen molar-refractivity contribution < 1.29 is 9.59 Å². The molecule has 3 N–H and O–H groups in total. The molecule has 0 saturated heterocycles. The van der Waals surface area contributed by atoms with Crippen LogP contribution in [0.15, 0.2) is 24.3 Å². The van der Waals surface area contributed by atoms with Crippen LogP contribution in [0, 0.1) is 13.8 Å². The molecule has 2 rings (SSSR count). The van der Waals surface area contributed by atoms with E-state index in [9.17, 15) is 9.59 Å². The van der Waals surface area contributed by atoms with Gasteiger partial charge in [-0.05, 0) is 37.5 Å². The van der Waals surface area contributed by atoms with E-state index in [4.69, 9.17) is 17.3 Å². The number of nitrogens with one attached hydrogen (secondary N) is 1. The fourth-order valence-corrected chi connectivity index (χ4v) is 3.46. The zero-order chi connectivity index (χ0) is 16.3. The lowest BCUT2D eigenvalue weighted by Crippen LogP contribution is -2.17. The minimum Gasteiger partial charge on any atom is -0.365 e. The molecule has 0 fully saturated rings. The lowest BCUT2D eigenvalue weighted by molar-refractivity contribution is -0.116. The second-order valence-corrected chi connectivity index (χ2v) is 6.62. The van der Waals surface area contributed by atoms with Crippen LogP contribution in [0.2, 0.25) is 5.02 Å². The van der Waals surface area contributed by atoms with Gasteiger partial charge in [0, 0.05) is 16.3 Å². The Morgan fingerprint density at radius 2 is 1.95 bits per heavy atom. The van der Waals surface area contributed by atoms with Gasteiger partial charge in [0.1, 0.15) is 5.00 Å². The van der Waals surface area contributed by atoms with Crippen LogP contribution in [0.1, 0.15) is 32.8 Å². The highest BCUT2D eigenvalue weighted by molar-refractivity contribution is 7.16. The summed E-state index contributed by atoms with van der Waals surface area (Å²) in [7, 11) is 0. The van der Waals surface area contributed by atoms with Gasteiger partial charge in [-0.1, -0.05) is 29.8 Å². The summed E-state index contributed by atoms with van der Waals surface area (Å²) in [6, 6.07) is 7.43. The second kappa shape index (κ2) is 6.94. The van der Waals surface area contributed by atoms with Gasteiger partial charge in [0.15, 0.2) is 0 Å². The standard InChI is InChI=1S/C16H17ClN2O2S/c1-9-10(2)22-16(14(9)15(18)21)19-13(20)8-7-11-5-3-4-6-12(11)17/h3-6H,7-8H2,1-2H3,(H2,18,21)(H,19,20). The highest BCUT2D eigenvalue weighted by atomic mass is 35.5. The van der Waals surface area contributed by atoms with Gasteiger partial charge in [-0.15, -0.1) is 11.3 Å². The molecular formula is C16H17ClN2O2S. The summed E-state index contributed by atoms with van der Waals surface area (Å²) in [6.45, 7) is 3.72. The van der Waals surface area contributed by atoms with Crippen LogP contribution in [-0.2, 0) is 11.2 Å². The van der Waals surface area contributed by atoms with Crippen molar-refractivity contribution in [2.75, 3.05) is 5.32 Å². The molecule has 6 heteroatoms. The summed E-state index contributed by atoms with van der Waals surface area (Å²) in [5, 5.41) is 3.95. The summed E-state index contributed by atoms with van der Waals surface area (Å²) >= 11 is 7.43. The maximum Gasteiger partial charge on any atom is 0.251 e. The van der Waals surface area contributed by atoms with Crippen LogP contribution in [-0.4, -0.2) is 11.8 Å². The summed E-state index contributed by atoms with van der Waals surface area (Å²) in [5.74, 6) is -0.688. The van der Waals surface area contributed by atoms with Crippen molar-refractivity contribution in [3.05, 3.63) is 50.9 Å². The first kappa shape index (κ1) is 16.5. The number of benzene rings is 1. The summed E-state index contributed by atoms with van der Waals surface area (Å²) in [5.41, 5.74) is 7.53. The molecule has 0 unspecified atom stereocenters. The Bertz CT molecular complexity index is 725. The Morgan fingerprint density at radius 1 is 1.27 bits per heavy atom. The number of hydrogen-bond acceptors (Lipinski definition) is 3. The number of primary amides is 1. The largest absolute Gasteiger partial charge is 0.365 e. The molecule has 0 atom stereocenters. The zero-order valence-electron chi connectivity index (χ0n) is 12.4. The van der Waals surface area contributed by atoms with Crippen LogP contribution in [0.4, 0.5) is 5.00 Å². The van der Waals surface area contributed by atoms with Gasteiger partial charge in [0.25, 0.3) is 5.91 Å². The lowest BCUT2D eigenvalue weighted by atomic mass is 10.1. The van der Waals surface area contributed by atoms with Crippen molar-refractivity contribution in [3.63, 3.8) is 0 Å². The highest BCUT2D eigenvalue weighted by Crippen LogP contribution is 2.32. The third-order valence-electron chi connectivity index (χ3n) is 3.46. The molecule has 0 aliphatic carbocycles. The van der Waals surface area contributed by atoms with E-state index in [2.05, 4.69) is 5.32 Å². The first-order valence-corrected chi connectivity index (χ1v) is 8.02. The average molecular weight is 337 g/mol. The van der Waals surface area contributed by atoms with E-state index >= 15 is 0 Å². The summed E-state index contributed by atoms with van der Waals surface area (Å²) in [4.78, 5) is 24.6. The van der Waals surface area contributed by atoms with Crippen molar-refractivity contribution in [2.24, 2.45) is 5.73 Å². The van der Waals surface area contributed by atoms with Crippen LogP contribution in [0.5, 0.6) is 0 Å². The Kier molecular flexibility index (Phi) is 5.21. The van der Waals surface area contributed by atoms with E-state index in [1.54, 1.807) is 6.07 Å². The third kappa shape index (κ3) is 3.67. The van der Waals surface area contributed by atoms with Crippen molar-refractivity contribution in [1.82, 2.24) is 0 Å². The summed E-state index contributed by atoms with van der Waals surface area (Å²) < 4.78 is 0. The fraction of sp³-hybridized carbons (Fsp3) is 0.250. The Labute approximate surface area is 138 Å². The molecule has 0 saturated carbocycles. The fourth-order valence-electron chi connectivity index (χ4n) is 2.15. The maximum absolute atomic E-state index is 12.1. The monoisotopic (exact) mass is 336 g/mol. The molecule has 2 amide bonds. The predicted octanol–water partition coefficient (Wildman–Crippen LogP) is 3.69.